The second-order valence-corrected chi connectivity index (χ2v) is 5.73. The van der Waals surface area contributed by atoms with E-state index in [1.54, 1.807) is 0 Å². The van der Waals surface area contributed by atoms with Gasteiger partial charge in [0.05, 0.1) is 6.61 Å². The molecule has 0 aromatic rings. The van der Waals surface area contributed by atoms with Gasteiger partial charge < -0.3 is 10.0 Å². The molecule has 6 heteroatoms. The topological polar surface area (TPSA) is 75.8 Å². The molecular formula is C10H20N2O4. The first-order chi connectivity index (χ1) is 7.15. The minimum atomic E-state index is -0.759. The van der Waals surface area contributed by atoms with Crippen LogP contribution < -0.4 is 0 Å². The van der Waals surface area contributed by atoms with Gasteiger partial charge in [-0.3, -0.25) is 0 Å². The zero-order chi connectivity index (χ0) is 12.6. The Morgan fingerprint density at radius 3 is 2.19 bits per heavy atom. The molecule has 1 heterocycles. The molecule has 0 aromatic carbocycles. The molecule has 0 aromatic heterocycles. The summed E-state index contributed by atoms with van der Waals surface area (Å²) in [5, 5.41) is 20.8. The predicted molar refractivity (Wildman–Crippen MR) is 57.5 cm³/mol. The van der Waals surface area contributed by atoms with E-state index in [1.165, 1.54) is 5.06 Å². The van der Waals surface area contributed by atoms with E-state index in [4.69, 9.17) is 0 Å². The third kappa shape index (κ3) is 2.82. The van der Waals surface area contributed by atoms with Crippen LogP contribution in [0.5, 0.6) is 0 Å². The van der Waals surface area contributed by atoms with Gasteiger partial charge >= 0.3 is 0 Å². The van der Waals surface area contributed by atoms with Crippen molar-refractivity contribution in [2.75, 3.05) is 6.61 Å². The van der Waals surface area contributed by atoms with Gasteiger partial charge in [-0.1, -0.05) is 0 Å². The van der Waals surface area contributed by atoms with Crippen LogP contribution in [0.15, 0.2) is 0 Å². The minimum absolute atomic E-state index is 0.0961. The van der Waals surface area contributed by atoms with Crippen LogP contribution in [0.1, 0.15) is 40.5 Å². The van der Waals surface area contributed by atoms with Crippen LogP contribution in [-0.2, 0) is 4.84 Å². The number of hydrogen-bond donors (Lipinski definition) is 1. The average molecular weight is 232 g/mol. The molecular weight excluding hydrogens is 212 g/mol. The fraction of sp³-hybridized carbons (Fsp3) is 1.00. The number of hydrogen-bond acceptors (Lipinski definition) is 5. The van der Waals surface area contributed by atoms with Crippen LogP contribution in [0.4, 0.5) is 0 Å². The van der Waals surface area contributed by atoms with Crippen molar-refractivity contribution >= 4 is 0 Å². The van der Waals surface area contributed by atoms with Gasteiger partial charge in [-0.25, -0.2) is 0 Å². The molecule has 0 spiro atoms. The zero-order valence-electron chi connectivity index (χ0n) is 10.3. The molecule has 0 atom stereocenters. The maximum Gasteiger partial charge on any atom is 0.294 e. The lowest BCUT2D eigenvalue weighted by atomic mass is 9.76. The highest BCUT2D eigenvalue weighted by molar-refractivity contribution is 4.95. The first-order valence-corrected chi connectivity index (χ1v) is 5.42. The molecule has 16 heavy (non-hydrogen) atoms. The molecule has 0 radical (unpaired) electrons. The molecule has 0 aliphatic carbocycles. The van der Waals surface area contributed by atoms with Crippen molar-refractivity contribution in [2.45, 2.75) is 51.6 Å². The monoisotopic (exact) mass is 232 g/mol. The molecule has 0 unspecified atom stereocenters. The van der Waals surface area contributed by atoms with Crippen LogP contribution >= 0.6 is 0 Å². The Kier molecular flexibility index (Phi) is 3.44. The van der Waals surface area contributed by atoms with Crippen molar-refractivity contribution in [2.24, 2.45) is 5.92 Å². The van der Waals surface area contributed by atoms with Crippen molar-refractivity contribution in [1.82, 2.24) is 5.06 Å². The average Bonchev–Trinajstić information content (AvgIpc) is 2.10. The highest BCUT2D eigenvalue weighted by Crippen LogP contribution is 2.39. The summed E-state index contributed by atoms with van der Waals surface area (Å²) in [4.78, 5) is 14.6. The molecule has 0 saturated carbocycles. The van der Waals surface area contributed by atoms with Gasteiger partial charge in [0.15, 0.2) is 0 Å². The summed E-state index contributed by atoms with van der Waals surface area (Å²) in [6, 6.07) is 0. The Hall–Kier alpha value is -0.880. The number of piperidine rings is 1. The molecule has 94 valence electrons. The Morgan fingerprint density at radius 1 is 1.38 bits per heavy atom. The van der Waals surface area contributed by atoms with E-state index in [2.05, 4.69) is 4.84 Å². The predicted octanol–water partition coefficient (Wildman–Crippen LogP) is 1.85. The van der Waals surface area contributed by atoms with Crippen LogP contribution in [0.2, 0.25) is 0 Å². The Morgan fingerprint density at radius 2 is 1.81 bits per heavy atom. The third-order valence-electron chi connectivity index (χ3n) is 3.14. The van der Waals surface area contributed by atoms with Crippen LogP contribution in [0.25, 0.3) is 0 Å². The van der Waals surface area contributed by atoms with Crippen LogP contribution in [0.3, 0.4) is 0 Å². The van der Waals surface area contributed by atoms with Crippen molar-refractivity contribution in [3.05, 3.63) is 10.1 Å². The Balaban J connectivity index is 2.67. The van der Waals surface area contributed by atoms with Gasteiger partial charge in [-0.05, 0) is 46.5 Å². The smallest absolute Gasteiger partial charge is 0.294 e. The fourth-order valence-corrected chi connectivity index (χ4v) is 2.76. The number of rotatable bonds is 3. The standard InChI is InChI=1S/C10H20N2O4/c1-9(2)5-8(7-16-12(14)15)6-10(3,4)11(9)13/h8,13H,5-7H2,1-4H3. The van der Waals surface area contributed by atoms with Crippen molar-refractivity contribution in [3.8, 4) is 0 Å². The highest BCUT2D eigenvalue weighted by Gasteiger charge is 2.45. The third-order valence-corrected chi connectivity index (χ3v) is 3.14. The first-order valence-electron chi connectivity index (χ1n) is 5.42. The second-order valence-electron chi connectivity index (χ2n) is 5.73. The van der Waals surface area contributed by atoms with Crippen molar-refractivity contribution < 1.29 is 15.1 Å². The molecule has 1 fully saturated rings. The summed E-state index contributed by atoms with van der Waals surface area (Å²) in [5.41, 5.74) is -0.765. The summed E-state index contributed by atoms with van der Waals surface area (Å²) >= 11 is 0. The van der Waals surface area contributed by atoms with Crippen molar-refractivity contribution in [1.29, 1.82) is 0 Å². The lowest BCUT2D eigenvalue weighted by molar-refractivity contribution is -0.759. The molecule has 1 N–H and O–H groups in total. The summed E-state index contributed by atoms with van der Waals surface area (Å²) in [6.45, 7) is 7.80. The molecule has 1 rings (SSSR count). The maximum atomic E-state index is 10.2. The largest absolute Gasteiger partial charge is 0.314 e. The molecule has 6 nitrogen and oxygen atoms in total. The van der Waals surface area contributed by atoms with Gasteiger partial charge in [0, 0.05) is 11.1 Å². The van der Waals surface area contributed by atoms with Gasteiger partial charge in [0.2, 0.25) is 0 Å². The van der Waals surface area contributed by atoms with E-state index in [1.807, 2.05) is 27.7 Å². The normalized spacial score (nSPS) is 25.3. The first kappa shape index (κ1) is 13.2. The van der Waals surface area contributed by atoms with Gasteiger partial charge in [-0.15, -0.1) is 10.1 Å². The molecule has 1 aliphatic heterocycles. The van der Waals surface area contributed by atoms with E-state index >= 15 is 0 Å². The summed E-state index contributed by atoms with van der Waals surface area (Å²) < 4.78 is 0. The second kappa shape index (κ2) is 4.18. The lowest BCUT2D eigenvalue weighted by Crippen LogP contribution is -2.59. The van der Waals surface area contributed by atoms with Gasteiger partial charge in [0.25, 0.3) is 5.09 Å². The lowest BCUT2D eigenvalue weighted by Gasteiger charge is -2.51. The molecule has 1 saturated heterocycles. The van der Waals surface area contributed by atoms with E-state index in [0.29, 0.717) is 12.8 Å². The van der Waals surface area contributed by atoms with E-state index in [-0.39, 0.29) is 23.6 Å². The van der Waals surface area contributed by atoms with Gasteiger partial charge in [-0.2, -0.15) is 5.06 Å². The fourth-order valence-electron chi connectivity index (χ4n) is 2.76. The number of hydroxylamine groups is 2. The number of nitrogens with zero attached hydrogens (tertiary/aromatic N) is 2. The summed E-state index contributed by atoms with van der Waals surface area (Å²) in [6.07, 6.45) is 1.36. The Bertz CT molecular complexity index is 260. The van der Waals surface area contributed by atoms with Gasteiger partial charge in [0.1, 0.15) is 0 Å². The van der Waals surface area contributed by atoms with E-state index in [9.17, 15) is 15.3 Å². The SMILES string of the molecule is CC1(C)CC(CO[N+](=O)[O-])CC(C)(C)N1O. The molecule has 0 amide bonds. The van der Waals surface area contributed by atoms with E-state index < -0.39 is 5.09 Å². The molecule has 0 bridgehead atoms. The van der Waals surface area contributed by atoms with Crippen LogP contribution in [-0.4, -0.2) is 33.0 Å². The maximum absolute atomic E-state index is 10.2. The van der Waals surface area contributed by atoms with Crippen LogP contribution in [0, 0.1) is 16.0 Å². The quantitative estimate of drug-likeness (QED) is 0.593. The Labute approximate surface area is 95.2 Å². The molecule has 1 aliphatic rings. The zero-order valence-corrected chi connectivity index (χ0v) is 10.3. The summed E-state index contributed by atoms with van der Waals surface area (Å²) in [7, 11) is 0. The minimum Gasteiger partial charge on any atom is -0.314 e. The summed E-state index contributed by atoms with van der Waals surface area (Å²) in [5.74, 6) is 0.0961. The van der Waals surface area contributed by atoms with Crippen molar-refractivity contribution in [3.63, 3.8) is 0 Å². The highest BCUT2D eigenvalue weighted by atomic mass is 16.9. The van der Waals surface area contributed by atoms with E-state index in [0.717, 1.165) is 0 Å².